The maximum atomic E-state index is 13.8. The highest BCUT2D eigenvalue weighted by atomic mass is 19.4. The lowest BCUT2D eigenvalue weighted by Crippen LogP contribution is -2.26. The highest BCUT2D eigenvalue weighted by molar-refractivity contribution is 6.01. The van der Waals surface area contributed by atoms with Gasteiger partial charge in [-0.15, -0.1) is 0 Å². The molecule has 13 heteroatoms. The number of halogens is 8. The average Bonchev–Trinajstić information content (AvgIpc) is 2.83. The zero-order valence-electron chi connectivity index (χ0n) is 19.4. The Bertz CT molecular complexity index is 1350. The predicted octanol–water partition coefficient (Wildman–Crippen LogP) is 5.87. The number of ether oxygens (including phenoxy) is 1. The number of amides is 2. The van der Waals surface area contributed by atoms with E-state index in [1.807, 2.05) is 0 Å². The van der Waals surface area contributed by atoms with E-state index in [0.717, 1.165) is 18.2 Å². The predicted molar refractivity (Wildman–Crippen MR) is 118 cm³/mol. The van der Waals surface area contributed by atoms with Gasteiger partial charge in [-0.1, -0.05) is 12.1 Å². The number of alkyl halides is 6. The minimum absolute atomic E-state index is 0.0421. The Kier molecular flexibility index (Phi) is 8.28. The molecular formula is C25H18F8N2O3. The third kappa shape index (κ3) is 6.78. The molecule has 0 spiro atoms. The summed E-state index contributed by atoms with van der Waals surface area (Å²) in [5.74, 6) is -4.50. The number of rotatable bonds is 7. The Hall–Kier alpha value is -4.16. The molecule has 0 atom stereocenters. The molecule has 2 amide bonds. The number of hydrogen-bond acceptors (Lipinski definition) is 3. The van der Waals surface area contributed by atoms with E-state index in [9.17, 15) is 44.7 Å². The topological polar surface area (TPSA) is 67.4 Å². The largest absolute Gasteiger partial charge is 0.496 e. The smallest absolute Gasteiger partial charge is 0.419 e. The molecule has 0 fully saturated rings. The minimum atomic E-state index is -4.87. The molecule has 3 rings (SSSR count). The highest BCUT2D eigenvalue weighted by Crippen LogP contribution is 2.32. The van der Waals surface area contributed by atoms with Gasteiger partial charge in [0.1, 0.15) is 17.4 Å². The summed E-state index contributed by atoms with van der Waals surface area (Å²) in [5, 5.41) is 4.78. The first kappa shape index (κ1) is 28.4. The average molecular weight is 546 g/mol. The van der Waals surface area contributed by atoms with Crippen molar-refractivity contribution in [3.8, 4) is 5.75 Å². The van der Waals surface area contributed by atoms with Crippen molar-refractivity contribution in [3.63, 3.8) is 0 Å². The van der Waals surface area contributed by atoms with Crippen LogP contribution in [0.1, 0.15) is 43.0 Å². The van der Waals surface area contributed by atoms with Gasteiger partial charge in [0.25, 0.3) is 11.8 Å². The molecule has 0 aromatic heterocycles. The fourth-order valence-electron chi connectivity index (χ4n) is 3.39. The van der Waals surface area contributed by atoms with Gasteiger partial charge in [0.05, 0.1) is 23.8 Å². The van der Waals surface area contributed by atoms with Crippen LogP contribution in [-0.4, -0.2) is 18.9 Å². The van der Waals surface area contributed by atoms with Crippen LogP contribution in [0.2, 0.25) is 0 Å². The molecule has 3 aromatic rings. The summed E-state index contributed by atoms with van der Waals surface area (Å²) < 4.78 is 109. The molecule has 0 saturated heterocycles. The first-order valence-electron chi connectivity index (χ1n) is 10.7. The van der Waals surface area contributed by atoms with E-state index in [1.54, 1.807) is 0 Å². The Morgan fingerprint density at radius 3 is 1.61 bits per heavy atom. The van der Waals surface area contributed by atoms with Gasteiger partial charge in [0.15, 0.2) is 0 Å². The maximum absolute atomic E-state index is 13.8. The molecule has 5 nitrogen and oxygen atoms in total. The van der Waals surface area contributed by atoms with Crippen molar-refractivity contribution in [2.45, 2.75) is 25.4 Å². The van der Waals surface area contributed by atoms with Crippen molar-refractivity contribution in [3.05, 3.63) is 99.6 Å². The van der Waals surface area contributed by atoms with Crippen LogP contribution in [0.25, 0.3) is 0 Å². The van der Waals surface area contributed by atoms with Crippen LogP contribution in [-0.2, 0) is 25.4 Å². The standard InChI is InChI=1S/C25H18F8N2O3/c1-38-21-7-4-15(22(36)34-11-13-2-5-17(19(26)8-13)24(28,29)30)10-16(21)23(37)35-12-14-3-6-18(20(27)9-14)25(31,32)33/h2-10H,11-12H2,1H3,(H,34,36)(H,35,37). The molecule has 38 heavy (non-hydrogen) atoms. The summed E-state index contributed by atoms with van der Waals surface area (Å²) in [4.78, 5) is 25.2. The van der Waals surface area contributed by atoms with Gasteiger partial charge >= 0.3 is 12.4 Å². The van der Waals surface area contributed by atoms with Gasteiger partial charge in [-0.2, -0.15) is 26.3 Å². The van der Waals surface area contributed by atoms with Crippen LogP contribution in [0, 0.1) is 11.6 Å². The molecule has 0 unspecified atom stereocenters. The first-order valence-corrected chi connectivity index (χ1v) is 10.7. The summed E-state index contributed by atoms with van der Waals surface area (Å²) in [7, 11) is 1.25. The zero-order chi connectivity index (χ0) is 28.3. The Balaban J connectivity index is 1.70. The van der Waals surface area contributed by atoms with Gasteiger partial charge in [0.2, 0.25) is 0 Å². The number of benzene rings is 3. The molecule has 0 aliphatic rings. The highest BCUT2D eigenvalue weighted by Gasteiger charge is 2.34. The van der Waals surface area contributed by atoms with Crippen molar-refractivity contribution in [1.29, 1.82) is 0 Å². The molecule has 2 N–H and O–H groups in total. The fraction of sp³-hybridized carbons (Fsp3) is 0.200. The van der Waals surface area contributed by atoms with Crippen LogP contribution in [0.15, 0.2) is 54.6 Å². The Labute approximate surface area is 210 Å². The van der Waals surface area contributed by atoms with Crippen LogP contribution in [0.4, 0.5) is 35.1 Å². The zero-order valence-corrected chi connectivity index (χ0v) is 19.4. The van der Waals surface area contributed by atoms with E-state index in [0.29, 0.717) is 24.3 Å². The SMILES string of the molecule is COc1ccc(C(=O)NCc2ccc(C(F)(F)F)c(F)c2)cc1C(=O)NCc1ccc(C(F)(F)F)c(F)c1. The van der Waals surface area contributed by atoms with Crippen molar-refractivity contribution in [2.75, 3.05) is 7.11 Å². The van der Waals surface area contributed by atoms with Crippen molar-refractivity contribution in [2.24, 2.45) is 0 Å². The van der Waals surface area contributed by atoms with Crippen LogP contribution < -0.4 is 15.4 Å². The van der Waals surface area contributed by atoms with Crippen molar-refractivity contribution in [1.82, 2.24) is 10.6 Å². The molecule has 0 bridgehead atoms. The Morgan fingerprint density at radius 1 is 0.711 bits per heavy atom. The molecule has 0 aliphatic carbocycles. The van der Waals surface area contributed by atoms with Gasteiger partial charge in [-0.05, 0) is 53.6 Å². The van der Waals surface area contributed by atoms with E-state index in [1.165, 1.54) is 19.2 Å². The Morgan fingerprint density at radius 2 is 1.18 bits per heavy atom. The maximum Gasteiger partial charge on any atom is 0.419 e. The molecule has 3 aromatic carbocycles. The van der Waals surface area contributed by atoms with E-state index < -0.39 is 46.9 Å². The number of carbonyl (C=O) groups is 2. The third-order valence-electron chi connectivity index (χ3n) is 5.29. The second-order valence-electron chi connectivity index (χ2n) is 7.90. The van der Waals surface area contributed by atoms with Gasteiger partial charge in [0, 0.05) is 18.7 Å². The fourth-order valence-corrected chi connectivity index (χ4v) is 3.39. The minimum Gasteiger partial charge on any atom is -0.496 e. The van der Waals surface area contributed by atoms with Crippen LogP contribution >= 0.6 is 0 Å². The van der Waals surface area contributed by atoms with Crippen molar-refractivity contribution < 1.29 is 49.4 Å². The first-order chi connectivity index (χ1) is 17.7. The summed E-state index contributed by atoms with van der Waals surface area (Å²) in [6.45, 7) is -0.659. The van der Waals surface area contributed by atoms with Crippen LogP contribution in [0.5, 0.6) is 5.75 Å². The monoisotopic (exact) mass is 546 g/mol. The molecule has 202 valence electrons. The summed E-state index contributed by atoms with van der Waals surface area (Å²) in [5.41, 5.74) is -2.99. The second-order valence-corrected chi connectivity index (χ2v) is 7.90. The van der Waals surface area contributed by atoms with E-state index in [4.69, 9.17) is 4.74 Å². The molecular weight excluding hydrogens is 528 g/mol. The van der Waals surface area contributed by atoms with Gasteiger partial charge in [-0.3, -0.25) is 9.59 Å². The molecule has 0 aliphatic heterocycles. The number of carbonyl (C=O) groups excluding carboxylic acids is 2. The van der Waals surface area contributed by atoms with Gasteiger partial charge < -0.3 is 15.4 Å². The van der Waals surface area contributed by atoms with Crippen LogP contribution in [0.3, 0.4) is 0 Å². The number of hydrogen-bond donors (Lipinski definition) is 2. The summed E-state index contributed by atoms with van der Waals surface area (Å²) >= 11 is 0. The lowest BCUT2D eigenvalue weighted by atomic mass is 10.1. The second kappa shape index (κ2) is 11.1. The third-order valence-corrected chi connectivity index (χ3v) is 5.29. The normalized spacial score (nSPS) is 11.7. The number of methoxy groups -OCH3 is 1. The van der Waals surface area contributed by atoms with Gasteiger partial charge in [-0.25, -0.2) is 8.78 Å². The summed E-state index contributed by atoms with van der Waals surface area (Å²) in [6, 6.07) is 8.10. The molecule has 0 saturated carbocycles. The quantitative estimate of drug-likeness (QED) is 0.365. The lowest BCUT2D eigenvalue weighted by molar-refractivity contribution is -0.140. The number of nitrogens with one attached hydrogen (secondary N) is 2. The molecule has 0 heterocycles. The molecule has 0 radical (unpaired) electrons. The lowest BCUT2D eigenvalue weighted by Gasteiger charge is -2.13. The van der Waals surface area contributed by atoms with E-state index >= 15 is 0 Å². The van der Waals surface area contributed by atoms with E-state index in [-0.39, 0.29) is 41.1 Å². The summed E-state index contributed by atoms with van der Waals surface area (Å²) in [6.07, 6.45) is -9.74. The van der Waals surface area contributed by atoms with Crippen molar-refractivity contribution >= 4 is 11.8 Å². The van der Waals surface area contributed by atoms with E-state index in [2.05, 4.69) is 10.6 Å².